The van der Waals surface area contributed by atoms with Crippen molar-refractivity contribution < 1.29 is 9.18 Å². The third-order valence-corrected chi connectivity index (χ3v) is 6.63. The van der Waals surface area contributed by atoms with Gasteiger partial charge in [0, 0.05) is 16.9 Å². The Kier molecular flexibility index (Phi) is 6.65. The molecule has 3 aromatic carbocycles. The van der Waals surface area contributed by atoms with E-state index in [1.807, 2.05) is 24.3 Å². The van der Waals surface area contributed by atoms with Crippen LogP contribution >= 0.6 is 11.6 Å². The number of anilines is 1. The van der Waals surface area contributed by atoms with E-state index in [4.69, 9.17) is 17.3 Å². The lowest BCUT2D eigenvalue weighted by atomic mass is 10.1. The van der Waals surface area contributed by atoms with Crippen molar-refractivity contribution in [2.75, 3.05) is 5.73 Å². The first kappa shape index (κ1) is 25.1. The minimum atomic E-state index is -0.638. The van der Waals surface area contributed by atoms with Crippen molar-refractivity contribution in [2.45, 2.75) is 19.9 Å². The van der Waals surface area contributed by atoms with Gasteiger partial charge in [-0.1, -0.05) is 54.1 Å². The molecule has 1 amide bonds. The highest BCUT2D eigenvalue weighted by atomic mass is 35.5. The minimum Gasteiger partial charge on any atom is -0.382 e. The first-order chi connectivity index (χ1) is 18.2. The highest BCUT2D eigenvalue weighted by Gasteiger charge is 2.22. The lowest BCUT2D eigenvalue weighted by molar-refractivity contribution is 0.0934. The monoisotopic (exact) mass is 527 g/mol. The van der Waals surface area contributed by atoms with Crippen LogP contribution in [0.25, 0.3) is 27.7 Å². The number of halogens is 2. The first-order valence-corrected chi connectivity index (χ1v) is 12.2. The number of benzene rings is 3. The summed E-state index contributed by atoms with van der Waals surface area (Å²) < 4.78 is 15.6. The van der Waals surface area contributed by atoms with Crippen molar-refractivity contribution in [2.24, 2.45) is 0 Å². The van der Waals surface area contributed by atoms with Gasteiger partial charge in [-0.15, -0.1) is 0 Å². The number of hydrogen-bond donors (Lipinski definition) is 2. The number of nitrogens with zero attached hydrogens (tertiary/aromatic N) is 3. The zero-order valence-electron chi connectivity index (χ0n) is 20.6. The van der Waals surface area contributed by atoms with Crippen LogP contribution in [0.4, 0.5) is 10.2 Å². The van der Waals surface area contributed by atoms with Gasteiger partial charge in [0.1, 0.15) is 5.82 Å². The van der Waals surface area contributed by atoms with Crippen molar-refractivity contribution in [3.63, 3.8) is 0 Å². The maximum absolute atomic E-state index is 14.1. The molecule has 0 saturated carbocycles. The number of hydrogen-bond acceptors (Lipinski definition) is 5. The number of carbonyl (C=O) groups excluding carboxylic acids is 1. The van der Waals surface area contributed by atoms with E-state index in [0.29, 0.717) is 44.0 Å². The van der Waals surface area contributed by atoms with Crippen LogP contribution in [0.1, 0.15) is 34.7 Å². The highest BCUT2D eigenvalue weighted by molar-refractivity contribution is 6.35. The van der Waals surface area contributed by atoms with Gasteiger partial charge in [-0.2, -0.15) is 0 Å². The zero-order chi connectivity index (χ0) is 27.0. The fourth-order valence-corrected chi connectivity index (χ4v) is 4.56. The van der Waals surface area contributed by atoms with Crippen LogP contribution in [0.15, 0.2) is 83.8 Å². The number of aryl methyl sites for hydroxylation is 1. The third kappa shape index (κ3) is 4.62. The van der Waals surface area contributed by atoms with E-state index in [9.17, 15) is 14.0 Å². The molecule has 190 valence electrons. The molecule has 0 fully saturated rings. The van der Waals surface area contributed by atoms with E-state index in [-0.39, 0.29) is 17.1 Å². The van der Waals surface area contributed by atoms with Gasteiger partial charge < -0.3 is 11.1 Å². The minimum absolute atomic E-state index is 0.0724. The lowest BCUT2D eigenvalue weighted by Crippen LogP contribution is -2.33. The Labute approximate surface area is 222 Å². The Morgan fingerprint density at radius 1 is 1.08 bits per heavy atom. The number of pyridine rings is 1. The van der Waals surface area contributed by atoms with Gasteiger partial charge in [-0.25, -0.2) is 14.4 Å². The Morgan fingerprint density at radius 2 is 1.84 bits per heavy atom. The van der Waals surface area contributed by atoms with Crippen LogP contribution in [0.2, 0.25) is 5.02 Å². The topological polar surface area (TPSA) is 103 Å². The SMILES string of the molecule is Cc1ccc(-c2cnc(N)c(C(=O)N[C@@H](C)c3cc4cccc(Cl)c4c(=O)n3-c3ccccc3)n2)cc1F. The van der Waals surface area contributed by atoms with Crippen molar-refractivity contribution in [1.82, 2.24) is 19.9 Å². The number of carbonyl (C=O) groups is 1. The second-order valence-electron chi connectivity index (χ2n) is 8.90. The summed E-state index contributed by atoms with van der Waals surface area (Å²) >= 11 is 6.38. The van der Waals surface area contributed by atoms with E-state index >= 15 is 0 Å². The number of amides is 1. The molecule has 7 nitrogen and oxygen atoms in total. The fourth-order valence-electron chi connectivity index (χ4n) is 4.30. The molecule has 0 unspecified atom stereocenters. The number of rotatable bonds is 5. The summed E-state index contributed by atoms with van der Waals surface area (Å²) in [6, 6.07) is 20.2. The molecule has 0 bridgehead atoms. The predicted octanol–water partition coefficient (Wildman–Crippen LogP) is 5.62. The maximum atomic E-state index is 14.1. The quantitative estimate of drug-likeness (QED) is 0.309. The molecule has 38 heavy (non-hydrogen) atoms. The Morgan fingerprint density at radius 3 is 2.58 bits per heavy atom. The lowest BCUT2D eigenvalue weighted by Gasteiger charge is -2.21. The molecule has 5 rings (SSSR count). The van der Waals surface area contributed by atoms with E-state index < -0.39 is 17.8 Å². The van der Waals surface area contributed by atoms with Crippen LogP contribution in [0.5, 0.6) is 0 Å². The van der Waals surface area contributed by atoms with Gasteiger partial charge in [0.05, 0.1) is 28.3 Å². The molecule has 0 aliphatic carbocycles. The largest absolute Gasteiger partial charge is 0.382 e. The first-order valence-electron chi connectivity index (χ1n) is 11.8. The molecule has 2 heterocycles. The molecule has 0 spiro atoms. The summed E-state index contributed by atoms with van der Waals surface area (Å²) in [5.41, 5.74) is 8.00. The van der Waals surface area contributed by atoms with Crippen molar-refractivity contribution in [1.29, 1.82) is 0 Å². The molecule has 0 aliphatic rings. The van der Waals surface area contributed by atoms with Crippen LogP contribution in [-0.4, -0.2) is 20.4 Å². The molecular weight excluding hydrogens is 505 g/mol. The van der Waals surface area contributed by atoms with Crippen molar-refractivity contribution in [3.05, 3.63) is 117 Å². The summed E-state index contributed by atoms with van der Waals surface area (Å²) in [5.74, 6) is -1.05. The molecular formula is C29H23ClFN5O2. The van der Waals surface area contributed by atoms with Crippen LogP contribution < -0.4 is 16.6 Å². The Hall–Kier alpha value is -4.56. The molecule has 1 atom stereocenters. The van der Waals surface area contributed by atoms with Crippen LogP contribution in [0, 0.1) is 12.7 Å². The van der Waals surface area contributed by atoms with Crippen molar-refractivity contribution >= 4 is 34.1 Å². The predicted molar refractivity (Wildman–Crippen MR) is 147 cm³/mol. The normalized spacial score (nSPS) is 11.9. The Balaban J connectivity index is 1.55. The number of nitrogens with one attached hydrogen (secondary N) is 1. The van der Waals surface area contributed by atoms with Crippen LogP contribution in [-0.2, 0) is 0 Å². The summed E-state index contributed by atoms with van der Waals surface area (Å²) in [7, 11) is 0. The summed E-state index contributed by atoms with van der Waals surface area (Å²) in [6.45, 7) is 3.41. The van der Waals surface area contributed by atoms with E-state index in [1.54, 1.807) is 56.3 Å². The molecule has 0 radical (unpaired) electrons. The summed E-state index contributed by atoms with van der Waals surface area (Å²) in [6.07, 6.45) is 1.39. The molecule has 0 aliphatic heterocycles. The number of para-hydroxylation sites is 1. The van der Waals surface area contributed by atoms with Gasteiger partial charge in [-0.3, -0.25) is 14.2 Å². The number of fused-ring (bicyclic) bond motifs is 1. The Bertz CT molecular complexity index is 1750. The molecule has 9 heteroatoms. The zero-order valence-corrected chi connectivity index (χ0v) is 21.3. The molecule has 5 aromatic rings. The van der Waals surface area contributed by atoms with Gasteiger partial charge >= 0.3 is 0 Å². The number of aromatic nitrogens is 3. The molecule has 3 N–H and O–H groups in total. The fraction of sp³-hybridized carbons (Fsp3) is 0.103. The van der Waals surface area contributed by atoms with Gasteiger partial charge in [0.2, 0.25) is 0 Å². The van der Waals surface area contributed by atoms with E-state index in [1.165, 1.54) is 16.8 Å². The summed E-state index contributed by atoms with van der Waals surface area (Å²) in [4.78, 5) is 35.4. The number of nitrogen functional groups attached to an aromatic ring is 1. The second-order valence-corrected chi connectivity index (χ2v) is 9.30. The smallest absolute Gasteiger partial charge is 0.274 e. The third-order valence-electron chi connectivity index (χ3n) is 6.31. The molecule has 2 aromatic heterocycles. The van der Waals surface area contributed by atoms with Gasteiger partial charge in [0.15, 0.2) is 11.5 Å². The number of nitrogens with two attached hydrogens (primary N) is 1. The standard InChI is InChI=1S/C29H23ClFN5O2/c1-16-11-12-18(13-22(16)31)23-15-33-27(32)26(35-23)28(37)34-17(2)24-14-19-7-6-10-21(30)25(19)29(38)36(24)20-8-4-3-5-9-20/h3-15,17H,1-2H3,(H2,32,33)(H,34,37)/t17-/m0/s1. The summed E-state index contributed by atoms with van der Waals surface area (Å²) in [5, 5.41) is 4.25. The van der Waals surface area contributed by atoms with Gasteiger partial charge in [-0.05, 0) is 55.1 Å². The van der Waals surface area contributed by atoms with E-state index in [2.05, 4.69) is 15.3 Å². The maximum Gasteiger partial charge on any atom is 0.274 e. The average molecular weight is 528 g/mol. The van der Waals surface area contributed by atoms with E-state index in [0.717, 1.165) is 0 Å². The van der Waals surface area contributed by atoms with Crippen molar-refractivity contribution in [3.8, 4) is 16.9 Å². The van der Waals surface area contributed by atoms with Crippen LogP contribution in [0.3, 0.4) is 0 Å². The molecule has 0 saturated heterocycles. The second kappa shape index (κ2) is 10.1. The highest BCUT2D eigenvalue weighted by Crippen LogP contribution is 2.26. The average Bonchev–Trinajstić information content (AvgIpc) is 2.90. The van der Waals surface area contributed by atoms with Gasteiger partial charge in [0.25, 0.3) is 11.5 Å².